The molecule has 0 spiro atoms. The van der Waals surface area contributed by atoms with Crippen molar-refractivity contribution in [2.24, 2.45) is 0 Å². The summed E-state index contributed by atoms with van der Waals surface area (Å²) in [6.07, 6.45) is 0. The summed E-state index contributed by atoms with van der Waals surface area (Å²) in [6.45, 7) is 16.8. The van der Waals surface area contributed by atoms with Gasteiger partial charge >= 0.3 is 0 Å². The Morgan fingerprint density at radius 2 is 1.50 bits per heavy atom. The molecule has 3 heteroatoms. The van der Waals surface area contributed by atoms with E-state index in [4.69, 9.17) is 4.43 Å². The first-order chi connectivity index (χ1) is 8.95. The van der Waals surface area contributed by atoms with Crippen LogP contribution in [0.3, 0.4) is 0 Å². The maximum Gasteiger partial charge on any atom is 0.192 e. The minimum absolute atomic E-state index is 0.145. The molecule has 0 radical (unpaired) electrons. The topological polar surface area (TPSA) is 12.5 Å². The fourth-order valence-electron chi connectivity index (χ4n) is 2.22. The maximum absolute atomic E-state index is 6.58. The molecule has 0 aliphatic rings. The Bertz CT molecular complexity index is 420. The standard InChI is InChI=1S/C17H31NOSi/c1-16(2,3)20(7,8)19-17(4,5)14-18(6)15-12-10-9-11-13-15/h9-13H,14H2,1-8H3. The van der Waals surface area contributed by atoms with Gasteiger partial charge < -0.3 is 9.33 Å². The number of benzene rings is 1. The minimum atomic E-state index is -1.73. The Morgan fingerprint density at radius 3 is 1.95 bits per heavy atom. The average Bonchev–Trinajstić information content (AvgIpc) is 2.26. The van der Waals surface area contributed by atoms with Gasteiger partial charge in [0.15, 0.2) is 8.32 Å². The summed E-state index contributed by atoms with van der Waals surface area (Å²) in [6, 6.07) is 10.5. The fraction of sp³-hybridized carbons (Fsp3) is 0.647. The third-order valence-corrected chi connectivity index (χ3v) is 8.83. The van der Waals surface area contributed by atoms with Crippen molar-refractivity contribution < 1.29 is 4.43 Å². The van der Waals surface area contributed by atoms with Gasteiger partial charge in [0, 0.05) is 19.3 Å². The van der Waals surface area contributed by atoms with Crippen LogP contribution in [-0.2, 0) is 4.43 Å². The van der Waals surface area contributed by atoms with Crippen LogP contribution >= 0.6 is 0 Å². The van der Waals surface area contributed by atoms with Gasteiger partial charge in [-0.3, -0.25) is 0 Å². The van der Waals surface area contributed by atoms with E-state index in [9.17, 15) is 0 Å². The van der Waals surface area contributed by atoms with Crippen molar-refractivity contribution in [1.29, 1.82) is 0 Å². The van der Waals surface area contributed by atoms with Crippen LogP contribution in [-0.4, -0.2) is 27.5 Å². The van der Waals surface area contributed by atoms with Crippen LogP contribution in [0.1, 0.15) is 34.6 Å². The number of rotatable bonds is 5. The highest BCUT2D eigenvalue weighted by Gasteiger charge is 2.41. The Hall–Kier alpha value is -0.803. The molecule has 0 bridgehead atoms. The van der Waals surface area contributed by atoms with Gasteiger partial charge in [0.05, 0.1) is 5.60 Å². The molecule has 20 heavy (non-hydrogen) atoms. The fourth-order valence-corrected chi connectivity index (χ4v) is 3.97. The monoisotopic (exact) mass is 293 g/mol. The van der Waals surface area contributed by atoms with Gasteiger partial charge in [-0.15, -0.1) is 0 Å². The molecule has 0 N–H and O–H groups in total. The molecule has 1 rings (SSSR count). The zero-order valence-electron chi connectivity index (χ0n) is 14.4. The van der Waals surface area contributed by atoms with Crippen LogP contribution in [0, 0.1) is 0 Å². The molecule has 0 amide bonds. The first kappa shape index (κ1) is 17.2. The van der Waals surface area contributed by atoms with Gasteiger partial charge in [0.1, 0.15) is 0 Å². The largest absolute Gasteiger partial charge is 0.410 e. The molecule has 114 valence electrons. The molecule has 0 atom stereocenters. The molecule has 1 aromatic rings. The first-order valence-electron chi connectivity index (χ1n) is 7.41. The van der Waals surface area contributed by atoms with Gasteiger partial charge in [0.2, 0.25) is 0 Å². The number of para-hydroxylation sites is 1. The number of hydrogen-bond donors (Lipinski definition) is 0. The summed E-state index contributed by atoms with van der Waals surface area (Å²) in [7, 11) is 0.396. The zero-order valence-corrected chi connectivity index (χ0v) is 15.4. The Morgan fingerprint density at radius 1 is 1.00 bits per heavy atom. The Balaban J connectivity index is 2.75. The van der Waals surface area contributed by atoms with Crippen LogP contribution in [0.15, 0.2) is 30.3 Å². The van der Waals surface area contributed by atoms with Gasteiger partial charge in [-0.1, -0.05) is 39.0 Å². The maximum atomic E-state index is 6.58. The van der Waals surface area contributed by atoms with Crippen LogP contribution < -0.4 is 4.90 Å². The van der Waals surface area contributed by atoms with E-state index in [-0.39, 0.29) is 10.6 Å². The summed E-state index contributed by atoms with van der Waals surface area (Å²) in [5.74, 6) is 0. The lowest BCUT2D eigenvalue weighted by atomic mass is 10.1. The third kappa shape index (κ3) is 4.64. The van der Waals surface area contributed by atoms with Crippen molar-refractivity contribution >= 4 is 14.0 Å². The van der Waals surface area contributed by atoms with Crippen LogP contribution in [0.2, 0.25) is 18.1 Å². The molecule has 1 aromatic carbocycles. The second kappa shape index (κ2) is 5.90. The highest BCUT2D eigenvalue weighted by Crippen LogP contribution is 2.39. The highest BCUT2D eigenvalue weighted by atomic mass is 28.4. The average molecular weight is 294 g/mol. The first-order valence-corrected chi connectivity index (χ1v) is 10.3. The lowest BCUT2D eigenvalue weighted by molar-refractivity contribution is 0.0993. The zero-order chi connectivity index (χ0) is 15.6. The van der Waals surface area contributed by atoms with Crippen molar-refractivity contribution in [2.45, 2.75) is 58.4 Å². The summed E-state index contributed by atoms with van der Waals surface area (Å²) in [5.41, 5.74) is 1.09. The van der Waals surface area contributed by atoms with E-state index in [0.717, 1.165) is 6.54 Å². The summed E-state index contributed by atoms with van der Waals surface area (Å²) in [5, 5.41) is 0.246. The van der Waals surface area contributed by atoms with Crippen molar-refractivity contribution in [3.8, 4) is 0 Å². The van der Waals surface area contributed by atoms with E-state index in [1.165, 1.54) is 5.69 Å². The number of anilines is 1. The lowest BCUT2D eigenvalue weighted by Crippen LogP contribution is -2.51. The number of hydrogen-bond acceptors (Lipinski definition) is 2. The van der Waals surface area contributed by atoms with Crippen molar-refractivity contribution in [2.75, 3.05) is 18.5 Å². The molecular formula is C17H31NOSi. The molecule has 0 aromatic heterocycles. The highest BCUT2D eigenvalue weighted by molar-refractivity contribution is 6.74. The van der Waals surface area contributed by atoms with E-state index < -0.39 is 8.32 Å². The smallest absolute Gasteiger partial charge is 0.192 e. The summed E-state index contributed by atoms with van der Waals surface area (Å²) < 4.78 is 6.58. The molecule has 0 saturated heterocycles. The summed E-state index contributed by atoms with van der Waals surface area (Å²) >= 11 is 0. The second-order valence-corrected chi connectivity index (χ2v) is 12.5. The van der Waals surface area contributed by atoms with E-state index in [0.29, 0.717) is 0 Å². The molecule has 0 fully saturated rings. The number of likely N-dealkylation sites (N-methyl/N-ethyl adjacent to an activating group) is 1. The predicted octanol–water partition coefficient (Wildman–Crippen LogP) is 4.92. The Labute approximate surface area is 126 Å². The molecule has 0 unspecified atom stereocenters. The van der Waals surface area contributed by atoms with Crippen LogP contribution in [0.25, 0.3) is 0 Å². The van der Waals surface area contributed by atoms with E-state index in [2.05, 4.69) is 90.0 Å². The molecule has 0 heterocycles. The summed E-state index contributed by atoms with van der Waals surface area (Å²) in [4.78, 5) is 2.27. The number of nitrogens with zero attached hydrogens (tertiary/aromatic N) is 1. The van der Waals surface area contributed by atoms with Crippen molar-refractivity contribution in [3.05, 3.63) is 30.3 Å². The molecular weight excluding hydrogens is 262 g/mol. The van der Waals surface area contributed by atoms with Crippen molar-refractivity contribution in [1.82, 2.24) is 0 Å². The van der Waals surface area contributed by atoms with Gasteiger partial charge in [-0.25, -0.2) is 0 Å². The minimum Gasteiger partial charge on any atom is -0.410 e. The van der Waals surface area contributed by atoms with E-state index >= 15 is 0 Å². The quantitative estimate of drug-likeness (QED) is 0.714. The molecule has 0 aliphatic carbocycles. The van der Waals surface area contributed by atoms with E-state index in [1.807, 2.05) is 0 Å². The lowest BCUT2D eigenvalue weighted by Gasteiger charge is -2.44. The molecule has 0 saturated carbocycles. The van der Waals surface area contributed by atoms with Gasteiger partial charge in [-0.2, -0.15) is 0 Å². The molecule has 0 aliphatic heterocycles. The van der Waals surface area contributed by atoms with Crippen LogP contribution in [0.4, 0.5) is 5.69 Å². The van der Waals surface area contributed by atoms with Gasteiger partial charge in [-0.05, 0) is 44.1 Å². The van der Waals surface area contributed by atoms with Crippen LogP contribution in [0.5, 0.6) is 0 Å². The predicted molar refractivity (Wildman–Crippen MR) is 92.1 cm³/mol. The molecule has 2 nitrogen and oxygen atoms in total. The van der Waals surface area contributed by atoms with E-state index in [1.54, 1.807) is 0 Å². The second-order valence-electron chi connectivity index (χ2n) is 7.81. The van der Waals surface area contributed by atoms with Crippen molar-refractivity contribution in [3.63, 3.8) is 0 Å². The Kier molecular flexibility index (Phi) is 5.09. The SMILES string of the molecule is CN(CC(C)(C)O[Si](C)(C)C(C)(C)C)c1ccccc1. The third-order valence-electron chi connectivity index (χ3n) is 4.15. The van der Waals surface area contributed by atoms with Gasteiger partial charge in [0.25, 0.3) is 0 Å². The normalized spacial score (nSPS) is 13.4.